The Kier molecular flexibility index (Phi) is 3.39. The average Bonchev–Trinajstić information content (AvgIpc) is 2.17. The monoisotopic (exact) mass is 208 g/mol. The Bertz CT molecular complexity index is 356. The highest BCUT2D eigenvalue weighted by Crippen LogP contribution is 2.24. The number of rotatable bonds is 3. The third-order valence-electron chi connectivity index (χ3n) is 2.04. The number of carbonyl (C=O) groups is 1. The maximum atomic E-state index is 10.5. The van der Waals surface area contributed by atoms with E-state index in [2.05, 4.69) is 9.97 Å². The summed E-state index contributed by atoms with van der Waals surface area (Å²) in [5.41, 5.74) is 1.61. The number of aromatic nitrogens is 2. The molecule has 1 aromatic rings. The van der Waals surface area contributed by atoms with E-state index >= 15 is 0 Å². The maximum absolute atomic E-state index is 10.5. The van der Waals surface area contributed by atoms with Gasteiger partial charge in [0, 0.05) is 18.0 Å². The van der Waals surface area contributed by atoms with Crippen molar-refractivity contribution < 1.29 is 9.53 Å². The molecule has 15 heavy (non-hydrogen) atoms. The van der Waals surface area contributed by atoms with E-state index in [0.717, 1.165) is 17.5 Å². The van der Waals surface area contributed by atoms with Crippen molar-refractivity contribution in [3.63, 3.8) is 0 Å². The quantitative estimate of drug-likeness (QED) is 0.707. The van der Waals surface area contributed by atoms with Crippen LogP contribution in [0.3, 0.4) is 0 Å². The Morgan fingerprint density at radius 1 is 1.47 bits per heavy atom. The van der Waals surface area contributed by atoms with Crippen LogP contribution >= 0.6 is 0 Å². The largest absolute Gasteiger partial charge is 0.467 e. The minimum absolute atomic E-state index is 0.117. The van der Waals surface area contributed by atoms with Crippen molar-refractivity contribution in [1.29, 1.82) is 0 Å². The zero-order valence-corrected chi connectivity index (χ0v) is 9.57. The second kappa shape index (κ2) is 4.38. The first-order valence-electron chi connectivity index (χ1n) is 4.83. The number of hydrogen-bond acceptors (Lipinski definition) is 4. The van der Waals surface area contributed by atoms with E-state index in [-0.39, 0.29) is 5.41 Å². The van der Waals surface area contributed by atoms with Crippen molar-refractivity contribution in [1.82, 2.24) is 9.97 Å². The standard InChI is InChI=1S/C11H16N2O2/c1-11(2,3)9-8(5-6-14)7-12-10(13-9)15-4/h6-7H,5H2,1-4H3. The van der Waals surface area contributed by atoms with E-state index in [1.54, 1.807) is 6.20 Å². The van der Waals surface area contributed by atoms with Crippen molar-refractivity contribution in [3.8, 4) is 6.01 Å². The predicted octanol–water partition coefficient (Wildman–Crippen LogP) is 1.52. The minimum Gasteiger partial charge on any atom is -0.467 e. The van der Waals surface area contributed by atoms with Gasteiger partial charge in [0.15, 0.2) is 0 Å². The average molecular weight is 208 g/mol. The smallest absolute Gasteiger partial charge is 0.316 e. The van der Waals surface area contributed by atoms with Crippen LogP contribution in [0.15, 0.2) is 6.20 Å². The highest BCUT2D eigenvalue weighted by atomic mass is 16.5. The first-order chi connectivity index (χ1) is 6.99. The third-order valence-corrected chi connectivity index (χ3v) is 2.04. The molecule has 1 rings (SSSR count). The Morgan fingerprint density at radius 3 is 2.60 bits per heavy atom. The Hall–Kier alpha value is -1.45. The van der Waals surface area contributed by atoms with Crippen LogP contribution in [0.4, 0.5) is 0 Å². The van der Waals surface area contributed by atoms with Gasteiger partial charge in [-0.2, -0.15) is 4.98 Å². The number of aldehydes is 1. The Labute approximate surface area is 89.7 Å². The fourth-order valence-corrected chi connectivity index (χ4v) is 1.38. The molecule has 0 aliphatic carbocycles. The van der Waals surface area contributed by atoms with Gasteiger partial charge in [0.05, 0.1) is 12.8 Å². The fraction of sp³-hybridized carbons (Fsp3) is 0.545. The number of nitrogens with zero attached hydrogens (tertiary/aromatic N) is 2. The second-order valence-electron chi connectivity index (χ2n) is 4.35. The van der Waals surface area contributed by atoms with Gasteiger partial charge in [-0.3, -0.25) is 0 Å². The van der Waals surface area contributed by atoms with Crippen LogP contribution in [0.1, 0.15) is 32.0 Å². The van der Waals surface area contributed by atoms with Crippen molar-refractivity contribution in [3.05, 3.63) is 17.5 Å². The van der Waals surface area contributed by atoms with Gasteiger partial charge in [0.1, 0.15) is 6.29 Å². The summed E-state index contributed by atoms with van der Waals surface area (Å²) < 4.78 is 4.97. The molecule has 0 radical (unpaired) electrons. The molecule has 0 spiro atoms. The molecule has 1 heterocycles. The molecule has 0 N–H and O–H groups in total. The maximum Gasteiger partial charge on any atom is 0.316 e. The molecule has 1 aromatic heterocycles. The summed E-state index contributed by atoms with van der Waals surface area (Å²) in [4.78, 5) is 18.8. The summed E-state index contributed by atoms with van der Waals surface area (Å²) in [7, 11) is 1.53. The molecule has 0 aliphatic rings. The van der Waals surface area contributed by atoms with Crippen LogP contribution in [-0.2, 0) is 16.6 Å². The molecule has 0 saturated carbocycles. The molecule has 4 nitrogen and oxygen atoms in total. The van der Waals surface area contributed by atoms with E-state index in [1.165, 1.54) is 7.11 Å². The van der Waals surface area contributed by atoms with Gasteiger partial charge in [-0.25, -0.2) is 4.98 Å². The van der Waals surface area contributed by atoms with Gasteiger partial charge in [0.25, 0.3) is 0 Å². The minimum atomic E-state index is -0.117. The van der Waals surface area contributed by atoms with Crippen molar-refractivity contribution in [2.75, 3.05) is 7.11 Å². The van der Waals surface area contributed by atoms with E-state index in [1.807, 2.05) is 20.8 Å². The first kappa shape index (κ1) is 11.6. The van der Waals surface area contributed by atoms with Crippen LogP contribution in [0, 0.1) is 0 Å². The van der Waals surface area contributed by atoms with Gasteiger partial charge in [-0.1, -0.05) is 20.8 Å². The van der Waals surface area contributed by atoms with Crippen molar-refractivity contribution in [2.45, 2.75) is 32.6 Å². The number of ether oxygens (including phenoxy) is 1. The second-order valence-corrected chi connectivity index (χ2v) is 4.35. The van der Waals surface area contributed by atoms with Crippen molar-refractivity contribution in [2.24, 2.45) is 0 Å². The van der Waals surface area contributed by atoms with Crippen LogP contribution in [-0.4, -0.2) is 23.4 Å². The van der Waals surface area contributed by atoms with E-state index in [0.29, 0.717) is 12.4 Å². The normalized spacial score (nSPS) is 11.2. The molecule has 0 atom stereocenters. The lowest BCUT2D eigenvalue weighted by Crippen LogP contribution is -2.18. The molecule has 0 aliphatic heterocycles. The summed E-state index contributed by atoms with van der Waals surface area (Å²) in [6.07, 6.45) is 2.86. The number of hydrogen-bond donors (Lipinski definition) is 0. The molecule has 0 fully saturated rings. The summed E-state index contributed by atoms with van der Waals surface area (Å²) >= 11 is 0. The number of carbonyl (C=O) groups excluding carboxylic acids is 1. The van der Waals surface area contributed by atoms with E-state index < -0.39 is 0 Å². The van der Waals surface area contributed by atoms with Crippen LogP contribution in [0.25, 0.3) is 0 Å². The SMILES string of the molecule is COc1ncc(CC=O)c(C(C)(C)C)n1. The van der Waals surface area contributed by atoms with Crippen LogP contribution in [0.2, 0.25) is 0 Å². The molecular formula is C11H16N2O2. The van der Waals surface area contributed by atoms with Crippen molar-refractivity contribution >= 4 is 6.29 Å². The first-order valence-corrected chi connectivity index (χ1v) is 4.83. The predicted molar refractivity (Wildman–Crippen MR) is 57.1 cm³/mol. The van der Waals surface area contributed by atoms with E-state index in [9.17, 15) is 4.79 Å². The summed E-state index contributed by atoms with van der Waals surface area (Å²) in [6.45, 7) is 6.13. The Balaban J connectivity index is 3.22. The molecule has 0 bridgehead atoms. The van der Waals surface area contributed by atoms with Crippen LogP contribution in [0.5, 0.6) is 6.01 Å². The molecular weight excluding hydrogens is 192 g/mol. The van der Waals surface area contributed by atoms with Gasteiger partial charge in [-0.15, -0.1) is 0 Å². The zero-order chi connectivity index (χ0) is 11.5. The summed E-state index contributed by atoms with van der Waals surface area (Å²) in [6, 6.07) is 0.342. The topological polar surface area (TPSA) is 52.1 Å². The van der Waals surface area contributed by atoms with E-state index in [4.69, 9.17) is 4.74 Å². The highest BCUT2D eigenvalue weighted by molar-refractivity contribution is 5.55. The molecule has 0 saturated heterocycles. The zero-order valence-electron chi connectivity index (χ0n) is 9.57. The highest BCUT2D eigenvalue weighted by Gasteiger charge is 2.20. The fourth-order valence-electron chi connectivity index (χ4n) is 1.38. The number of methoxy groups -OCH3 is 1. The lowest BCUT2D eigenvalue weighted by molar-refractivity contribution is -0.107. The van der Waals surface area contributed by atoms with Gasteiger partial charge < -0.3 is 9.53 Å². The summed E-state index contributed by atoms with van der Waals surface area (Å²) in [5, 5.41) is 0. The van der Waals surface area contributed by atoms with Crippen LogP contribution < -0.4 is 4.74 Å². The lowest BCUT2D eigenvalue weighted by atomic mass is 9.88. The molecule has 0 unspecified atom stereocenters. The summed E-state index contributed by atoms with van der Waals surface area (Å²) in [5.74, 6) is 0. The van der Waals surface area contributed by atoms with Gasteiger partial charge in [-0.05, 0) is 5.56 Å². The third kappa shape index (κ3) is 2.75. The molecule has 4 heteroatoms. The van der Waals surface area contributed by atoms with Gasteiger partial charge in [0.2, 0.25) is 0 Å². The van der Waals surface area contributed by atoms with Gasteiger partial charge >= 0.3 is 6.01 Å². The Morgan fingerprint density at radius 2 is 2.13 bits per heavy atom. The molecule has 0 aromatic carbocycles. The molecule has 82 valence electrons. The lowest BCUT2D eigenvalue weighted by Gasteiger charge is -2.20. The molecule has 0 amide bonds.